The Hall–Kier alpha value is -1.11. The third kappa shape index (κ3) is 3.50. The number of hydrogen-bond acceptors (Lipinski definition) is 4. The Balaban J connectivity index is 2.21. The monoisotopic (exact) mass is 298 g/mol. The zero-order valence-electron chi connectivity index (χ0n) is 12.0. The average molecular weight is 298 g/mol. The molecule has 112 valence electrons. The number of ether oxygens (including phenoxy) is 1. The zero-order valence-corrected chi connectivity index (χ0v) is 12.8. The van der Waals surface area contributed by atoms with E-state index in [4.69, 9.17) is 4.74 Å². The van der Waals surface area contributed by atoms with Crippen molar-refractivity contribution in [2.45, 2.75) is 43.7 Å². The lowest BCUT2D eigenvalue weighted by atomic mass is 9.94. The predicted molar refractivity (Wildman–Crippen MR) is 78.3 cm³/mol. The van der Waals surface area contributed by atoms with E-state index in [1.54, 1.807) is 12.1 Å². The van der Waals surface area contributed by atoms with Gasteiger partial charge in [0.15, 0.2) is 0 Å². The second-order valence-corrected chi connectivity index (χ2v) is 6.70. The first-order valence-electron chi connectivity index (χ1n) is 6.96. The molecule has 0 bridgehead atoms. The molecule has 1 aromatic rings. The molecule has 1 aliphatic rings. The second-order valence-electron chi connectivity index (χ2n) is 5.01. The van der Waals surface area contributed by atoms with E-state index in [0.29, 0.717) is 12.3 Å². The minimum absolute atomic E-state index is 0.0751. The maximum Gasteiger partial charge on any atom is 0.244 e. The van der Waals surface area contributed by atoms with Gasteiger partial charge in [0.1, 0.15) is 10.6 Å². The van der Waals surface area contributed by atoms with Crippen LogP contribution in [0.4, 0.5) is 0 Å². The zero-order chi connectivity index (χ0) is 14.6. The van der Waals surface area contributed by atoms with Gasteiger partial charge in [0, 0.05) is 12.6 Å². The van der Waals surface area contributed by atoms with Gasteiger partial charge in [-0.25, -0.2) is 13.1 Å². The summed E-state index contributed by atoms with van der Waals surface area (Å²) in [5, 5.41) is 3.20. The van der Waals surface area contributed by atoms with Crippen molar-refractivity contribution in [1.82, 2.24) is 10.0 Å². The van der Waals surface area contributed by atoms with Crippen molar-refractivity contribution in [3.05, 3.63) is 23.8 Å². The molecule has 5 nitrogen and oxygen atoms in total. The standard InChI is InChI=1S/C14H22N2O3S/c1-3-15-10-11-7-8-14(13(9-11)19-2)20(17,18)16-12-5-4-6-12/h7-9,12,15-16H,3-6,10H2,1-2H3. The fourth-order valence-electron chi connectivity index (χ4n) is 2.12. The maximum absolute atomic E-state index is 12.3. The van der Waals surface area contributed by atoms with Crippen molar-refractivity contribution in [3.8, 4) is 5.75 Å². The third-order valence-electron chi connectivity index (χ3n) is 3.52. The fourth-order valence-corrected chi connectivity index (χ4v) is 3.58. The quantitative estimate of drug-likeness (QED) is 0.803. The summed E-state index contributed by atoms with van der Waals surface area (Å²) in [5.74, 6) is 0.396. The summed E-state index contributed by atoms with van der Waals surface area (Å²) < 4.78 is 32.6. The van der Waals surface area contributed by atoms with Crippen LogP contribution in [0, 0.1) is 0 Å². The van der Waals surface area contributed by atoms with Gasteiger partial charge >= 0.3 is 0 Å². The van der Waals surface area contributed by atoms with Crippen LogP contribution in [0.15, 0.2) is 23.1 Å². The van der Waals surface area contributed by atoms with E-state index >= 15 is 0 Å². The van der Waals surface area contributed by atoms with E-state index in [-0.39, 0.29) is 10.9 Å². The van der Waals surface area contributed by atoms with E-state index < -0.39 is 10.0 Å². The Bertz CT molecular complexity index is 554. The predicted octanol–water partition coefficient (Wildman–Crippen LogP) is 1.64. The van der Waals surface area contributed by atoms with E-state index in [9.17, 15) is 8.42 Å². The number of sulfonamides is 1. The van der Waals surface area contributed by atoms with E-state index in [1.165, 1.54) is 7.11 Å². The maximum atomic E-state index is 12.3. The van der Waals surface area contributed by atoms with Crippen LogP contribution in [-0.2, 0) is 16.6 Å². The fraction of sp³-hybridized carbons (Fsp3) is 0.571. The molecule has 1 saturated carbocycles. The minimum atomic E-state index is -3.50. The lowest BCUT2D eigenvalue weighted by Gasteiger charge is -2.26. The molecule has 6 heteroatoms. The summed E-state index contributed by atoms with van der Waals surface area (Å²) in [6.07, 6.45) is 2.92. The molecule has 0 saturated heterocycles. The largest absolute Gasteiger partial charge is 0.495 e. The number of methoxy groups -OCH3 is 1. The SMILES string of the molecule is CCNCc1ccc(S(=O)(=O)NC2CCC2)c(OC)c1. The normalized spacial score (nSPS) is 15.9. The highest BCUT2D eigenvalue weighted by Crippen LogP contribution is 2.27. The number of benzene rings is 1. The van der Waals surface area contributed by atoms with Gasteiger partial charge in [0.25, 0.3) is 0 Å². The van der Waals surface area contributed by atoms with Gasteiger partial charge in [-0.1, -0.05) is 19.4 Å². The third-order valence-corrected chi connectivity index (χ3v) is 5.08. The van der Waals surface area contributed by atoms with Gasteiger partial charge in [0.05, 0.1) is 7.11 Å². The van der Waals surface area contributed by atoms with Gasteiger partial charge < -0.3 is 10.1 Å². The Morgan fingerprint density at radius 3 is 2.65 bits per heavy atom. The molecule has 0 unspecified atom stereocenters. The molecular weight excluding hydrogens is 276 g/mol. The van der Waals surface area contributed by atoms with Crippen molar-refractivity contribution >= 4 is 10.0 Å². The van der Waals surface area contributed by atoms with Crippen molar-refractivity contribution < 1.29 is 13.2 Å². The summed E-state index contributed by atoms with van der Waals surface area (Å²) in [6.45, 7) is 3.59. The smallest absolute Gasteiger partial charge is 0.244 e. The molecule has 1 fully saturated rings. The molecular formula is C14H22N2O3S. The molecule has 2 rings (SSSR count). The summed E-state index contributed by atoms with van der Waals surface area (Å²) in [6, 6.07) is 5.29. The molecule has 0 amide bonds. The number of nitrogens with one attached hydrogen (secondary N) is 2. The van der Waals surface area contributed by atoms with Gasteiger partial charge in [-0.2, -0.15) is 0 Å². The Labute approximate surface area is 120 Å². The molecule has 0 atom stereocenters. The Kier molecular flexibility index (Phi) is 5.01. The second kappa shape index (κ2) is 6.56. The first-order chi connectivity index (χ1) is 9.56. The number of hydrogen-bond donors (Lipinski definition) is 2. The van der Waals surface area contributed by atoms with Gasteiger partial charge in [-0.05, 0) is 37.1 Å². The molecule has 0 spiro atoms. The lowest BCUT2D eigenvalue weighted by molar-refractivity contribution is 0.379. The molecule has 0 aliphatic heterocycles. The van der Waals surface area contributed by atoms with Crippen molar-refractivity contribution in [3.63, 3.8) is 0 Å². The highest BCUT2D eigenvalue weighted by molar-refractivity contribution is 7.89. The molecule has 1 aromatic carbocycles. The highest BCUT2D eigenvalue weighted by atomic mass is 32.2. The van der Waals surface area contributed by atoms with E-state index in [2.05, 4.69) is 10.0 Å². The number of rotatable bonds is 7. The van der Waals surface area contributed by atoms with Gasteiger partial charge in [0.2, 0.25) is 10.0 Å². The molecule has 0 radical (unpaired) electrons. The Morgan fingerprint density at radius 2 is 2.10 bits per heavy atom. The van der Waals surface area contributed by atoms with Crippen molar-refractivity contribution in [2.24, 2.45) is 0 Å². The van der Waals surface area contributed by atoms with Crippen LogP contribution in [0.25, 0.3) is 0 Å². The van der Waals surface area contributed by atoms with Crippen LogP contribution in [0.3, 0.4) is 0 Å². The first-order valence-corrected chi connectivity index (χ1v) is 8.45. The Morgan fingerprint density at radius 1 is 1.35 bits per heavy atom. The van der Waals surface area contributed by atoms with Crippen LogP contribution in [0.1, 0.15) is 31.7 Å². The molecule has 0 heterocycles. The topological polar surface area (TPSA) is 67.4 Å². The van der Waals surface area contributed by atoms with Crippen LogP contribution in [0.5, 0.6) is 5.75 Å². The molecule has 1 aliphatic carbocycles. The van der Waals surface area contributed by atoms with Gasteiger partial charge in [-0.15, -0.1) is 0 Å². The van der Waals surface area contributed by atoms with Crippen LogP contribution >= 0.6 is 0 Å². The summed E-state index contributed by atoms with van der Waals surface area (Å²) in [7, 11) is -2.00. The summed E-state index contributed by atoms with van der Waals surface area (Å²) in [4.78, 5) is 0.215. The molecule has 0 aromatic heterocycles. The molecule has 2 N–H and O–H groups in total. The van der Waals surface area contributed by atoms with E-state index in [1.807, 2.05) is 13.0 Å². The summed E-state index contributed by atoms with van der Waals surface area (Å²) >= 11 is 0. The van der Waals surface area contributed by atoms with Crippen molar-refractivity contribution in [1.29, 1.82) is 0 Å². The van der Waals surface area contributed by atoms with Crippen LogP contribution in [-0.4, -0.2) is 28.1 Å². The van der Waals surface area contributed by atoms with Crippen molar-refractivity contribution in [2.75, 3.05) is 13.7 Å². The van der Waals surface area contributed by atoms with Gasteiger partial charge in [-0.3, -0.25) is 0 Å². The molecule has 20 heavy (non-hydrogen) atoms. The minimum Gasteiger partial charge on any atom is -0.495 e. The highest BCUT2D eigenvalue weighted by Gasteiger charge is 2.26. The van der Waals surface area contributed by atoms with E-state index in [0.717, 1.165) is 31.4 Å². The summed E-state index contributed by atoms with van der Waals surface area (Å²) in [5.41, 5.74) is 1.01. The first kappa shape index (κ1) is 15.3. The van der Waals surface area contributed by atoms with Crippen LogP contribution < -0.4 is 14.8 Å². The lowest BCUT2D eigenvalue weighted by Crippen LogP contribution is -2.39. The average Bonchev–Trinajstić information content (AvgIpc) is 2.40. The van der Waals surface area contributed by atoms with Crippen LogP contribution in [0.2, 0.25) is 0 Å².